The summed E-state index contributed by atoms with van der Waals surface area (Å²) in [5.74, 6) is 0.533. The number of hydrogen-bond acceptors (Lipinski definition) is 4. The first-order chi connectivity index (χ1) is 15.1. The Morgan fingerprint density at radius 1 is 0.677 bits per heavy atom. The molecule has 0 saturated heterocycles. The monoisotopic (exact) mass is 401 g/mol. The van der Waals surface area contributed by atoms with Crippen molar-refractivity contribution in [3.8, 4) is 39.8 Å². The highest BCUT2D eigenvalue weighted by Crippen LogP contribution is 2.30. The van der Waals surface area contributed by atoms with E-state index in [0.29, 0.717) is 11.3 Å². The summed E-state index contributed by atoms with van der Waals surface area (Å²) >= 11 is 0. The van der Waals surface area contributed by atoms with Crippen molar-refractivity contribution in [2.24, 2.45) is 0 Å². The Labute approximate surface area is 180 Å². The van der Waals surface area contributed by atoms with Gasteiger partial charge in [0.2, 0.25) is 0 Å². The van der Waals surface area contributed by atoms with Gasteiger partial charge in [-0.25, -0.2) is 14.5 Å². The van der Waals surface area contributed by atoms with Crippen LogP contribution in [0, 0.1) is 25.2 Å². The third kappa shape index (κ3) is 3.56. The van der Waals surface area contributed by atoms with Crippen LogP contribution in [0.25, 0.3) is 39.5 Å². The fourth-order valence-corrected chi connectivity index (χ4v) is 3.49. The zero-order valence-corrected chi connectivity index (χ0v) is 17.2. The van der Waals surface area contributed by atoms with E-state index in [1.165, 1.54) is 11.1 Å². The highest BCUT2D eigenvalue weighted by Gasteiger charge is 2.16. The van der Waals surface area contributed by atoms with Crippen molar-refractivity contribution >= 4 is 5.78 Å². The Bertz CT molecular complexity index is 1340. The van der Waals surface area contributed by atoms with Gasteiger partial charge in [0.15, 0.2) is 0 Å². The first-order valence-corrected chi connectivity index (χ1v) is 10.0. The third-order valence-corrected chi connectivity index (χ3v) is 5.27. The average molecular weight is 401 g/mol. The van der Waals surface area contributed by atoms with Gasteiger partial charge in [-0.15, -0.1) is 0 Å². The summed E-state index contributed by atoms with van der Waals surface area (Å²) in [4.78, 5) is 9.59. The fourth-order valence-electron chi connectivity index (χ4n) is 3.49. The molecule has 2 aromatic heterocycles. The summed E-state index contributed by atoms with van der Waals surface area (Å²) in [6.07, 6.45) is 1.88. The number of hydrogen-bond donors (Lipinski definition) is 0. The molecule has 5 nitrogen and oxygen atoms in total. The predicted octanol–water partition coefficient (Wildman–Crippen LogP) is 5.61. The number of nitriles is 1. The number of rotatable bonds is 3. The van der Waals surface area contributed by atoms with Crippen LogP contribution in [0.5, 0.6) is 0 Å². The summed E-state index contributed by atoms with van der Waals surface area (Å²) in [5.41, 5.74) is 8.29. The first kappa shape index (κ1) is 18.7. The van der Waals surface area contributed by atoms with Crippen LogP contribution in [0.2, 0.25) is 0 Å². The standard InChI is InChI=1S/C26H19N5/c1-17-3-9-21(10-4-17)24-25(22-11-5-18(2)6-12-22)30-31-16-23(28-26(31)29-24)20-13-7-19(15-27)8-14-20/h3-14,16H,1-2H3. The molecule has 0 radical (unpaired) electrons. The normalized spacial score (nSPS) is 10.9. The number of aryl methyl sites for hydroxylation is 2. The number of fused-ring (bicyclic) bond motifs is 1. The van der Waals surface area contributed by atoms with Crippen molar-refractivity contribution in [1.29, 1.82) is 5.26 Å². The SMILES string of the molecule is Cc1ccc(-c2nc3nc(-c4ccc(C#N)cc4)cn3nc2-c2ccc(C)cc2)cc1. The van der Waals surface area contributed by atoms with Gasteiger partial charge in [-0.3, -0.25) is 0 Å². The van der Waals surface area contributed by atoms with Gasteiger partial charge in [0.25, 0.3) is 5.78 Å². The van der Waals surface area contributed by atoms with E-state index in [9.17, 15) is 0 Å². The molecule has 3 aromatic carbocycles. The second-order valence-corrected chi connectivity index (χ2v) is 7.60. The maximum absolute atomic E-state index is 9.04. The Kier molecular flexibility index (Phi) is 4.53. The van der Waals surface area contributed by atoms with Crippen molar-refractivity contribution in [3.05, 3.63) is 95.7 Å². The van der Waals surface area contributed by atoms with E-state index >= 15 is 0 Å². The minimum Gasteiger partial charge on any atom is -0.209 e. The van der Waals surface area contributed by atoms with Crippen LogP contribution in [0.1, 0.15) is 16.7 Å². The van der Waals surface area contributed by atoms with E-state index in [4.69, 9.17) is 20.3 Å². The van der Waals surface area contributed by atoms with Gasteiger partial charge in [-0.05, 0) is 26.0 Å². The molecule has 0 amide bonds. The minimum absolute atomic E-state index is 0.533. The van der Waals surface area contributed by atoms with Gasteiger partial charge in [0.05, 0.1) is 23.5 Å². The Hall–Kier alpha value is -4.30. The quantitative estimate of drug-likeness (QED) is 0.394. The predicted molar refractivity (Wildman–Crippen MR) is 121 cm³/mol. The second kappa shape index (κ2) is 7.51. The van der Waals surface area contributed by atoms with E-state index in [1.54, 1.807) is 16.6 Å². The molecule has 5 heteroatoms. The molecule has 0 aliphatic carbocycles. The van der Waals surface area contributed by atoms with Crippen molar-refractivity contribution in [3.63, 3.8) is 0 Å². The lowest BCUT2D eigenvalue weighted by Gasteiger charge is -2.09. The smallest absolute Gasteiger partial charge is 0.209 e. The minimum atomic E-state index is 0.533. The Morgan fingerprint density at radius 2 is 1.23 bits per heavy atom. The van der Waals surface area contributed by atoms with Gasteiger partial charge in [-0.1, -0.05) is 71.8 Å². The lowest BCUT2D eigenvalue weighted by Crippen LogP contribution is -2.01. The zero-order chi connectivity index (χ0) is 21.4. The molecular formula is C26H19N5. The van der Waals surface area contributed by atoms with Crippen LogP contribution in [0.4, 0.5) is 0 Å². The number of nitrogens with zero attached hydrogens (tertiary/aromatic N) is 5. The van der Waals surface area contributed by atoms with Crippen LogP contribution in [-0.4, -0.2) is 19.6 Å². The molecule has 148 valence electrons. The van der Waals surface area contributed by atoms with E-state index in [2.05, 4.69) is 68.4 Å². The molecule has 0 bridgehead atoms. The summed E-state index contributed by atoms with van der Waals surface area (Å²) in [7, 11) is 0. The van der Waals surface area contributed by atoms with Crippen molar-refractivity contribution in [2.75, 3.05) is 0 Å². The molecule has 0 unspecified atom stereocenters. The van der Waals surface area contributed by atoms with Crippen molar-refractivity contribution in [2.45, 2.75) is 13.8 Å². The third-order valence-electron chi connectivity index (χ3n) is 5.27. The lowest BCUT2D eigenvalue weighted by molar-refractivity contribution is 0.912. The molecule has 5 rings (SSSR count). The van der Waals surface area contributed by atoms with Crippen molar-refractivity contribution in [1.82, 2.24) is 19.6 Å². The topological polar surface area (TPSA) is 66.9 Å². The van der Waals surface area contributed by atoms with Gasteiger partial charge in [0, 0.05) is 16.7 Å². The molecule has 0 aliphatic rings. The molecule has 0 aliphatic heterocycles. The second-order valence-electron chi connectivity index (χ2n) is 7.60. The Morgan fingerprint density at radius 3 is 1.81 bits per heavy atom. The maximum Gasteiger partial charge on any atom is 0.251 e. The summed E-state index contributed by atoms with van der Waals surface area (Å²) in [6.45, 7) is 4.14. The highest BCUT2D eigenvalue weighted by atomic mass is 15.3. The summed E-state index contributed by atoms with van der Waals surface area (Å²) in [6, 6.07) is 26.1. The van der Waals surface area contributed by atoms with Crippen LogP contribution in [0.15, 0.2) is 79.0 Å². The van der Waals surface area contributed by atoms with Crippen LogP contribution in [-0.2, 0) is 0 Å². The molecule has 5 aromatic rings. The maximum atomic E-state index is 9.04. The molecule has 0 fully saturated rings. The molecule has 0 atom stereocenters. The van der Waals surface area contributed by atoms with Crippen LogP contribution in [0.3, 0.4) is 0 Å². The van der Waals surface area contributed by atoms with E-state index in [1.807, 2.05) is 18.3 Å². The number of benzene rings is 3. The summed E-state index contributed by atoms with van der Waals surface area (Å²) in [5, 5.41) is 13.9. The van der Waals surface area contributed by atoms with Crippen LogP contribution < -0.4 is 0 Å². The molecule has 31 heavy (non-hydrogen) atoms. The van der Waals surface area contributed by atoms with E-state index < -0.39 is 0 Å². The number of aromatic nitrogens is 4. The molecule has 0 N–H and O–H groups in total. The lowest BCUT2D eigenvalue weighted by atomic mass is 10.0. The van der Waals surface area contributed by atoms with Gasteiger partial charge >= 0.3 is 0 Å². The molecule has 0 saturated carbocycles. The number of imidazole rings is 1. The fraction of sp³-hybridized carbons (Fsp3) is 0.0769. The zero-order valence-electron chi connectivity index (χ0n) is 17.2. The first-order valence-electron chi connectivity index (χ1n) is 10.0. The molecule has 2 heterocycles. The molecular weight excluding hydrogens is 382 g/mol. The van der Waals surface area contributed by atoms with Gasteiger partial charge in [-0.2, -0.15) is 10.4 Å². The molecule has 0 spiro atoms. The highest BCUT2D eigenvalue weighted by molar-refractivity contribution is 5.79. The summed E-state index contributed by atoms with van der Waals surface area (Å²) < 4.78 is 1.72. The Balaban J connectivity index is 1.70. The van der Waals surface area contributed by atoms with Crippen LogP contribution >= 0.6 is 0 Å². The largest absolute Gasteiger partial charge is 0.251 e. The van der Waals surface area contributed by atoms with Crippen molar-refractivity contribution < 1.29 is 0 Å². The average Bonchev–Trinajstić information content (AvgIpc) is 3.22. The van der Waals surface area contributed by atoms with Gasteiger partial charge in [0.1, 0.15) is 11.4 Å². The van der Waals surface area contributed by atoms with E-state index in [-0.39, 0.29) is 0 Å². The van der Waals surface area contributed by atoms with E-state index in [0.717, 1.165) is 33.8 Å². The van der Waals surface area contributed by atoms with Gasteiger partial charge < -0.3 is 0 Å².